The number of benzene rings is 2. The fourth-order valence-electron chi connectivity index (χ4n) is 2.01. The summed E-state index contributed by atoms with van der Waals surface area (Å²) in [6.07, 6.45) is -0.827. The topological polar surface area (TPSA) is 81.4 Å². The Balaban J connectivity index is 2.02. The van der Waals surface area contributed by atoms with Crippen LogP contribution in [-0.2, 0) is 11.3 Å². The number of carbonyl (C=O) groups is 2. The molecule has 0 aromatic heterocycles. The first-order valence-electron chi connectivity index (χ1n) is 7.15. The molecule has 2 amide bonds. The summed E-state index contributed by atoms with van der Waals surface area (Å²) < 4.78 is 5.54. The summed E-state index contributed by atoms with van der Waals surface area (Å²) in [7, 11) is 0. The van der Waals surface area contributed by atoms with Crippen molar-refractivity contribution in [1.82, 2.24) is 5.32 Å². The molecule has 2 aromatic carbocycles. The van der Waals surface area contributed by atoms with Gasteiger partial charge < -0.3 is 15.8 Å². The molecule has 0 heterocycles. The normalized spacial score (nSPS) is 11.6. The number of nitrogens with two attached hydrogens (primary N) is 1. The predicted molar refractivity (Wildman–Crippen MR) is 93.4 cm³/mol. The van der Waals surface area contributed by atoms with E-state index in [9.17, 15) is 9.59 Å². The van der Waals surface area contributed by atoms with Gasteiger partial charge in [-0.05, 0) is 36.8 Å². The van der Waals surface area contributed by atoms with Gasteiger partial charge in [0.25, 0.3) is 11.8 Å². The molecule has 0 radical (unpaired) electrons. The predicted octanol–water partition coefficient (Wildman–Crippen LogP) is 3.18. The van der Waals surface area contributed by atoms with E-state index in [1.165, 1.54) is 12.1 Å². The van der Waals surface area contributed by atoms with Crippen LogP contribution in [-0.4, -0.2) is 17.9 Å². The maximum Gasteiger partial charge on any atom is 0.261 e. The Hall–Kier alpha value is -2.24. The van der Waals surface area contributed by atoms with Gasteiger partial charge in [-0.1, -0.05) is 41.4 Å². The van der Waals surface area contributed by atoms with Gasteiger partial charge in [-0.3, -0.25) is 9.59 Å². The van der Waals surface area contributed by atoms with Crippen LogP contribution in [0.15, 0.2) is 42.5 Å². The number of ether oxygens (including phenoxy) is 1. The Bertz CT molecular complexity index is 765. The van der Waals surface area contributed by atoms with Crippen LogP contribution in [0.3, 0.4) is 0 Å². The molecule has 0 saturated heterocycles. The number of primary amides is 1. The van der Waals surface area contributed by atoms with Crippen molar-refractivity contribution in [2.75, 3.05) is 0 Å². The van der Waals surface area contributed by atoms with Gasteiger partial charge in [0.2, 0.25) is 0 Å². The average molecular weight is 367 g/mol. The third-order valence-electron chi connectivity index (χ3n) is 3.29. The standard InChI is InChI=1S/C17H16Cl2N2O3/c1-10(17(23)21-9-11-4-2-3-5-14(11)19)24-15-7-6-12(18)8-13(15)16(20)22/h2-8,10H,9H2,1H3,(H2,20,22)(H,21,23). The van der Waals surface area contributed by atoms with E-state index < -0.39 is 12.0 Å². The lowest BCUT2D eigenvalue weighted by atomic mass is 10.2. The number of hydrogen-bond acceptors (Lipinski definition) is 3. The summed E-state index contributed by atoms with van der Waals surface area (Å²) in [4.78, 5) is 23.6. The van der Waals surface area contributed by atoms with Crippen molar-refractivity contribution in [3.8, 4) is 5.75 Å². The Kier molecular flexibility index (Phi) is 6.06. The molecule has 2 rings (SSSR count). The molecule has 1 unspecified atom stereocenters. The number of hydrogen-bond donors (Lipinski definition) is 2. The molecule has 126 valence electrons. The monoisotopic (exact) mass is 366 g/mol. The van der Waals surface area contributed by atoms with Crippen molar-refractivity contribution >= 4 is 35.0 Å². The molecule has 0 aliphatic rings. The maximum absolute atomic E-state index is 12.2. The van der Waals surface area contributed by atoms with Crippen LogP contribution in [0.1, 0.15) is 22.8 Å². The van der Waals surface area contributed by atoms with Crippen molar-refractivity contribution < 1.29 is 14.3 Å². The van der Waals surface area contributed by atoms with Gasteiger partial charge in [0.1, 0.15) is 5.75 Å². The van der Waals surface area contributed by atoms with Gasteiger partial charge in [0, 0.05) is 16.6 Å². The van der Waals surface area contributed by atoms with Crippen LogP contribution in [0.5, 0.6) is 5.75 Å². The summed E-state index contributed by atoms with van der Waals surface area (Å²) in [6.45, 7) is 1.84. The third kappa shape index (κ3) is 4.63. The van der Waals surface area contributed by atoms with Gasteiger partial charge >= 0.3 is 0 Å². The summed E-state index contributed by atoms with van der Waals surface area (Å²) >= 11 is 11.9. The van der Waals surface area contributed by atoms with Crippen LogP contribution >= 0.6 is 23.2 Å². The zero-order valence-corrected chi connectivity index (χ0v) is 14.4. The Morgan fingerprint density at radius 1 is 1.21 bits per heavy atom. The zero-order chi connectivity index (χ0) is 17.7. The van der Waals surface area contributed by atoms with E-state index in [1.807, 2.05) is 18.2 Å². The number of carbonyl (C=O) groups excluding carboxylic acids is 2. The fraction of sp³-hybridized carbons (Fsp3) is 0.176. The second-order valence-electron chi connectivity index (χ2n) is 5.07. The van der Waals surface area contributed by atoms with E-state index in [2.05, 4.69) is 5.32 Å². The minimum atomic E-state index is -0.827. The Morgan fingerprint density at radius 3 is 2.58 bits per heavy atom. The van der Waals surface area contributed by atoms with Crippen molar-refractivity contribution in [2.24, 2.45) is 5.73 Å². The van der Waals surface area contributed by atoms with E-state index >= 15 is 0 Å². The second-order valence-corrected chi connectivity index (χ2v) is 5.92. The molecule has 7 heteroatoms. The smallest absolute Gasteiger partial charge is 0.261 e. The molecule has 0 spiro atoms. The average Bonchev–Trinajstić information content (AvgIpc) is 2.55. The summed E-state index contributed by atoms with van der Waals surface area (Å²) in [5.74, 6) is -0.830. The zero-order valence-electron chi connectivity index (χ0n) is 12.9. The highest BCUT2D eigenvalue weighted by molar-refractivity contribution is 6.31. The van der Waals surface area contributed by atoms with Crippen molar-refractivity contribution in [2.45, 2.75) is 19.6 Å². The van der Waals surface area contributed by atoms with E-state index in [4.69, 9.17) is 33.7 Å². The lowest BCUT2D eigenvalue weighted by Gasteiger charge is -2.17. The molecule has 3 N–H and O–H groups in total. The first-order valence-corrected chi connectivity index (χ1v) is 7.91. The molecule has 0 aliphatic heterocycles. The van der Waals surface area contributed by atoms with Gasteiger partial charge in [0.05, 0.1) is 5.56 Å². The molecule has 0 aliphatic carbocycles. The Labute approximate surface area is 149 Å². The molecule has 0 saturated carbocycles. The Morgan fingerprint density at radius 2 is 1.92 bits per heavy atom. The van der Waals surface area contributed by atoms with Gasteiger partial charge in [0.15, 0.2) is 6.10 Å². The van der Waals surface area contributed by atoms with Crippen molar-refractivity contribution in [3.05, 3.63) is 63.6 Å². The molecule has 0 fully saturated rings. The lowest BCUT2D eigenvalue weighted by molar-refractivity contribution is -0.127. The van der Waals surface area contributed by atoms with E-state index in [-0.39, 0.29) is 23.8 Å². The van der Waals surface area contributed by atoms with Crippen LogP contribution in [0, 0.1) is 0 Å². The van der Waals surface area contributed by atoms with Gasteiger partial charge in [-0.2, -0.15) is 0 Å². The number of rotatable bonds is 6. The maximum atomic E-state index is 12.2. The minimum absolute atomic E-state index is 0.119. The highest BCUT2D eigenvalue weighted by Gasteiger charge is 2.18. The first-order chi connectivity index (χ1) is 11.4. The molecular formula is C17H16Cl2N2O3. The highest BCUT2D eigenvalue weighted by Crippen LogP contribution is 2.23. The van der Waals surface area contributed by atoms with Crippen molar-refractivity contribution in [1.29, 1.82) is 0 Å². The van der Waals surface area contributed by atoms with Crippen LogP contribution in [0.25, 0.3) is 0 Å². The van der Waals surface area contributed by atoms with Crippen LogP contribution in [0.2, 0.25) is 10.0 Å². The summed E-state index contributed by atoms with van der Waals surface area (Å²) in [5, 5.41) is 3.65. The van der Waals surface area contributed by atoms with E-state index in [0.717, 1.165) is 5.56 Å². The van der Waals surface area contributed by atoms with E-state index in [1.54, 1.807) is 19.1 Å². The lowest BCUT2D eigenvalue weighted by Crippen LogP contribution is -2.36. The third-order valence-corrected chi connectivity index (χ3v) is 3.89. The van der Waals surface area contributed by atoms with Crippen molar-refractivity contribution in [3.63, 3.8) is 0 Å². The quantitative estimate of drug-likeness (QED) is 0.823. The largest absolute Gasteiger partial charge is 0.480 e. The summed E-state index contributed by atoms with van der Waals surface area (Å²) in [6, 6.07) is 11.7. The number of halogens is 2. The SMILES string of the molecule is CC(Oc1ccc(Cl)cc1C(N)=O)C(=O)NCc1ccccc1Cl. The summed E-state index contributed by atoms with van der Waals surface area (Å²) in [5.41, 5.74) is 6.21. The molecule has 5 nitrogen and oxygen atoms in total. The molecule has 0 bridgehead atoms. The van der Waals surface area contributed by atoms with Gasteiger partial charge in [-0.15, -0.1) is 0 Å². The number of amides is 2. The van der Waals surface area contributed by atoms with Gasteiger partial charge in [-0.25, -0.2) is 0 Å². The second kappa shape index (κ2) is 8.04. The number of nitrogens with one attached hydrogen (secondary N) is 1. The van der Waals surface area contributed by atoms with Crippen LogP contribution in [0.4, 0.5) is 0 Å². The minimum Gasteiger partial charge on any atom is -0.480 e. The van der Waals surface area contributed by atoms with E-state index in [0.29, 0.717) is 10.0 Å². The fourth-order valence-corrected chi connectivity index (χ4v) is 2.38. The first kappa shape index (κ1) is 18.1. The van der Waals surface area contributed by atoms with Crippen LogP contribution < -0.4 is 15.8 Å². The molecule has 24 heavy (non-hydrogen) atoms. The highest BCUT2D eigenvalue weighted by atomic mass is 35.5. The molecule has 1 atom stereocenters. The molecule has 2 aromatic rings. The molecular weight excluding hydrogens is 351 g/mol.